The Bertz CT molecular complexity index is 760. The standard InChI is InChI=1S/C17H16N2O4/c1-2-21-15(20)10-23-17-13(9-18)11-5-3-6-12(11)16(19-17)14-7-4-8-22-14/h4,7-8H,2-3,5-6,10H2,1H3. The van der Waals surface area contributed by atoms with Crippen molar-refractivity contribution in [2.45, 2.75) is 26.2 Å². The van der Waals surface area contributed by atoms with Crippen molar-refractivity contribution in [3.8, 4) is 23.4 Å². The van der Waals surface area contributed by atoms with Gasteiger partial charge in [-0.2, -0.15) is 5.26 Å². The predicted octanol–water partition coefficient (Wildman–Crippen LogP) is 2.64. The SMILES string of the molecule is CCOC(=O)COc1nc(-c2ccco2)c2c(c1C#N)CCC2. The minimum Gasteiger partial charge on any atom is -0.465 e. The number of esters is 1. The summed E-state index contributed by atoms with van der Waals surface area (Å²) in [7, 11) is 0. The van der Waals surface area contributed by atoms with Gasteiger partial charge in [0.25, 0.3) is 0 Å². The predicted molar refractivity (Wildman–Crippen MR) is 80.8 cm³/mol. The molecular formula is C17H16N2O4. The Morgan fingerprint density at radius 3 is 2.96 bits per heavy atom. The van der Waals surface area contributed by atoms with E-state index in [0.29, 0.717) is 17.0 Å². The lowest BCUT2D eigenvalue weighted by Crippen LogP contribution is -2.16. The first kappa shape index (κ1) is 15.1. The Kier molecular flexibility index (Phi) is 4.29. The molecule has 0 radical (unpaired) electrons. The van der Waals surface area contributed by atoms with E-state index in [2.05, 4.69) is 11.1 Å². The number of nitrogens with zero attached hydrogens (tertiary/aromatic N) is 2. The highest BCUT2D eigenvalue weighted by Gasteiger charge is 2.26. The third kappa shape index (κ3) is 2.90. The second-order valence-corrected chi connectivity index (χ2v) is 5.13. The third-order valence-corrected chi connectivity index (χ3v) is 3.73. The lowest BCUT2D eigenvalue weighted by atomic mass is 10.0. The number of furan rings is 1. The molecule has 2 heterocycles. The molecule has 3 rings (SSSR count). The number of hydrogen-bond donors (Lipinski definition) is 0. The molecule has 1 aliphatic rings. The Balaban J connectivity index is 2.00. The van der Waals surface area contributed by atoms with Gasteiger partial charge in [0.05, 0.1) is 12.9 Å². The molecule has 23 heavy (non-hydrogen) atoms. The molecule has 0 aliphatic heterocycles. The van der Waals surface area contributed by atoms with Crippen LogP contribution in [-0.2, 0) is 22.4 Å². The maximum atomic E-state index is 11.5. The number of nitriles is 1. The summed E-state index contributed by atoms with van der Waals surface area (Å²) in [4.78, 5) is 15.9. The van der Waals surface area contributed by atoms with Gasteiger partial charge in [0.2, 0.25) is 5.88 Å². The first-order chi connectivity index (χ1) is 11.2. The molecule has 1 aliphatic carbocycles. The monoisotopic (exact) mass is 312 g/mol. The van der Waals surface area contributed by atoms with Gasteiger partial charge in [0.1, 0.15) is 17.3 Å². The summed E-state index contributed by atoms with van der Waals surface area (Å²) in [5, 5.41) is 9.46. The largest absolute Gasteiger partial charge is 0.465 e. The molecule has 2 aromatic rings. The smallest absolute Gasteiger partial charge is 0.344 e. The fraction of sp³-hybridized carbons (Fsp3) is 0.353. The van der Waals surface area contributed by atoms with Crippen LogP contribution in [0.3, 0.4) is 0 Å². The highest BCUT2D eigenvalue weighted by molar-refractivity contribution is 5.71. The Labute approximate surface area is 133 Å². The lowest BCUT2D eigenvalue weighted by Gasteiger charge is -2.12. The van der Waals surface area contributed by atoms with E-state index in [4.69, 9.17) is 13.9 Å². The van der Waals surface area contributed by atoms with Crippen LogP contribution in [0.4, 0.5) is 0 Å². The third-order valence-electron chi connectivity index (χ3n) is 3.73. The molecule has 0 atom stereocenters. The maximum Gasteiger partial charge on any atom is 0.344 e. The molecule has 118 valence electrons. The molecule has 0 spiro atoms. The van der Waals surface area contributed by atoms with Crippen molar-refractivity contribution in [2.24, 2.45) is 0 Å². The van der Waals surface area contributed by atoms with E-state index in [-0.39, 0.29) is 19.1 Å². The number of hydrogen-bond acceptors (Lipinski definition) is 6. The van der Waals surface area contributed by atoms with E-state index < -0.39 is 5.97 Å². The van der Waals surface area contributed by atoms with Gasteiger partial charge < -0.3 is 13.9 Å². The number of aromatic nitrogens is 1. The second-order valence-electron chi connectivity index (χ2n) is 5.13. The molecule has 6 nitrogen and oxygen atoms in total. The highest BCUT2D eigenvalue weighted by Crippen LogP contribution is 2.37. The summed E-state index contributed by atoms with van der Waals surface area (Å²) in [5.41, 5.74) is 3.05. The van der Waals surface area contributed by atoms with Gasteiger partial charge >= 0.3 is 5.97 Å². The van der Waals surface area contributed by atoms with Crippen molar-refractivity contribution in [3.05, 3.63) is 35.1 Å². The average molecular weight is 312 g/mol. The normalized spacial score (nSPS) is 12.5. The molecule has 2 aromatic heterocycles. The molecule has 0 N–H and O–H groups in total. The summed E-state index contributed by atoms with van der Waals surface area (Å²) in [6, 6.07) is 5.76. The number of carbonyl (C=O) groups is 1. The van der Waals surface area contributed by atoms with Gasteiger partial charge in [-0.05, 0) is 49.4 Å². The van der Waals surface area contributed by atoms with Gasteiger partial charge in [-0.25, -0.2) is 9.78 Å². The van der Waals surface area contributed by atoms with Gasteiger partial charge in [-0.15, -0.1) is 0 Å². The summed E-state index contributed by atoms with van der Waals surface area (Å²) in [5.74, 6) is 0.305. The van der Waals surface area contributed by atoms with Crippen LogP contribution in [0.15, 0.2) is 22.8 Å². The molecule has 6 heteroatoms. The molecule has 0 bridgehead atoms. The quantitative estimate of drug-likeness (QED) is 0.789. The zero-order chi connectivity index (χ0) is 16.2. The maximum absolute atomic E-state index is 11.5. The summed E-state index contributed by atoms with van der Waals surface area (Å²) in [6.45, 7) is 1.73. The minimum absolute atomic E-state index is 0.160. The summed E-state index contributed by atoms with van der Waals surface area (Å²) in [6.07, 6.45) is 4.19. The van der Waals surface area contributed by atoms with Crippen LogP contribution in [0.1, 0.15) is 30.0 Å². The summed E-state index contributed by atoms with van der Waals surface area (Å²) >= 11 is 0. The minimum atomic E-state index is -0.488. The molecule has 0 unspecified atom stereocenters. The fourth-order valence-electron chi connectivity index (χ4n) is 2.80. The fourth-order valence-corrected chi connectivity index (χ4v) is 2.80. The Morgan fingerprint density at radius 1 is 1.43 bits per heavy atom. The number of fused-ring (bicyclic) bond motifs is 1. The average Bonchev–Trinajstić information content (AvgIpc) is 3.23. The van der Waals surface area contributed by atoms with Crippen LogP contribution in [0.2, 0.25) is 0 Å². The van der Waals surface area contributed by atoms with Crippen LogP contribution >= 0.6 is 0 Å². The molecule has 0 saturated carbocycles. The van der Waals surface area contributed by atoms with Crippen LogP contribution in [0, 0.1) is 11.3 Å². The van der Waals surface area contributed by atoms with Crippen molar-refractivity contribution >= 4 is 5.97 Å². The lowest BCUT2D eigenvalue weighted by molar-refractivity contribution is -0.145. The van der Waals surface area contributed by atoms with Crippen LogP contribution in [-0.4, -0.2) is 24.2 Å². The van der Waals surface area contributed by atoms with Crippen LogP contribution < -0.4 is 4.74 Å². The first-order valence-electron chi connectivity index (χ1n) is 7.52. The Morgan fingerprint density at radius 2 is 2.26 bits per heavy atom. The van der Waals surface area contributed by atoms with E-state index in [1.165, 1.54) is 0 Å². The molecule has 0 saturated heterocycles. The molecule has 0 amide bonds. The van der Waals surface area contributed by atoms with E-state index >= 15 is 0 Å². The molecule has 0 aromatic carbocycles. The van der Waals surface area contributed by atoms with E-state index in [1.807, 2.05) is 6.07 Å². The van der Waals surface area contributed by atoms with Crippen molar-refractivity contribution in [1.29, 1.82) is 5.26 Å². The van der Waals surface area contributed by atoms with Gasteiger partial charge in [-0.3, -0.25) is 0 Å². The first-order valence-corrected chi connectivity index (χ1v) is 7.52. The molecule has 0 fully saturated rings. The zero-order valence-corrected chi connectivity index (χ0v) is 12.8. The van der Waals surface area contributed by atoms with Gasteiger partial charge in [-0.1, -0.05) is 0 Å². The highest BCUT2D eigenvalue weighted by atomic mass is 16.6. The number of ether oxygens (including phenoxy) is 2. The second kappa shape index (κ2) is 6.53. The number of carbonyl (C=O) groups excluding carboxylic acids is 1. The van der Waals surface area contributed by atoms with Crippen molar-refractivity contribution < 1.29 is 18.7 Å². The number of rotatable bonds is 5. The van der Waals surface area contributed by atoms with E-state index in [1.54, 1.807) is 19.3 Å². The zero-order valence-electron chi connectivity index (χ0n) is 12.8. The van der Waals surface area contributed by atoms with Gasteiger partial charge in [0, 0.05) is 0 Å². The van der Waals surface area contributed by atoms with Crippen LogP contribution in [0.25, 0.3) is 11.5 Å². The molecular weight excluding hydrogens is 296 g/mol. The van der Waals surface area contributed by atoms with Gasteiger partial charge in [0.15, 0.2) is 12.4 Å². The van der Waals surface area contributed by atoms with E-state index in [0.717, 1.165) is 30.4 Å². The van der Waals surface area contributed by atoms with Crippen molar-refractivity contribution in [1.82, 2.24) is 4.98 Å². The van der Waals surface area contributed by atoms with Crippen molar-refractivity contribution in [3.63, 3.8) is 0 Å². The van der Waals surface area contributed by atoms with Crippen molar-refractivity contribution in [2.75, 3.05) is 13.2 Å². The Hall–Kier alpha value is -2.81. The van der Waals surface area contributed by atoms with E-state index in [9.17, 15) is 10.1 Å². The number of pyridine rings is 1. The topological polar surface area (TPSA) is 85.3 Å². The summed E-state index contributed by atoms with van der Waals surface area (Å²) < 4.78 is 15.7. The van der Waals surface area contributed by atoms with Crippen LogP contribution in [0.5, 0.6) is 5.88 Å².